The van der Waals surface area contributed by atoms with Crippen molar-refractivity contribution in [1.29, 1.82) is 0 Å². The summed E-state index contributed by atoms with van der Waals surface area (Å²) in [6.45, 7) is 6.59. The first kappa shape index (κ1) is 15.3. The molecule has 2 rings (SSSR count). The largest absolute Gasteiger partial charge is 0.478 e. The van der Waals surface area contributed by atoms with Crippen LogP contribution in [0.3, 0.4) is 0 Å². The van der Waals surface area contributed by atoms with E-state index in [4.69, 9.17) is 9.84 Å². The average Bonchev–Trinajstić information content (AvgIpc) is 2.86. The quantitative estimate of drug-likeness (QED) is 0.906. The van der Waals surface area contributed by atoms with Crippen LogP contribution >= 0.6 is 0 Å². The van der Waals surface area contributed by atoms with Crippen molar-refractivity contribution in [2.45, 2.75) is 38.7 Å². The predicted octanol–water partition coefficient (Wildman–Crippen LogP) is 2.50. The number of hydrogen-bond acceptors (Lipinski definition) is 4. The van der Waals surface area contributed by atoms with E-state index in [0.29, 0.717) is 18.8 Å². The van der Waals surface area contributed by atoms with Gasteiger partial charge in [0.15, 0.2) is 0 Å². The molecular formula is C15H20N2O4. The molecule has 0 bridgehead atoms. The summed E-state index contributed by atoms with van der Waals surface area (Å²) in [6, 6.07) is 3.04. The zero-order valence-corrected chi connectivity index (χ0v) is 12.5. The Kier molecular flexibility index (Phi) is 4.16. The molecule has 1 amide bonds. The van der Waals surface area contributed by atoms with Crippen molar-refractivity contribution in [2.75, 3.05) is 13.1 Å². The molecule has 0 aliphatic carbocycles. The van der Waals surface area contributed by atoms with Crippen LogP contribution in [0, 0.1) is 0 Å². The minimum absolute atomic E-state index is 0.0526. The summed E-state index contributed by atoms with van der Waals surface area (Å²) in [5.74, 6) is -0.919. The van der Waals surface area contributed by atoms with Gasteiger partial charge < -0.3 is 14.7 Å². The number of amides is 1. The van der Waals surface area contributed by atoms with Gasteiger partial charge in [0.05, 0.1) is 5.56 Å². The number of carboxylic acid groups (broad SMARTS) is 1. The van der Waals surface area contributed by atoms with Crippen molar-refractivity contribution in [3.05, 3.63) is 29.6 Å². The molecule has 21 heavy (non-hydrogen) atoms. The Morgan fingerprint density at radius 1 is 1.43 bits per heavy atom. The van der Waals surface area contributed by atoms with E-state index in [2.05, 4.69) is 4.98 Å². The fourth-order valence-corrected chi connectivity index (χ4v) is 2.30. The zero-order chi connectivity index (χ0) is 15.6. The van der Waals surface area contributed by atoms with Crippen LogP contribution in [0.5, 0.6) is 0 Å². The molecule has 1 aromatic heterocycles. The fourth-order valence-electron chi connectivity index (χ4n) is 2.30. The second-order valence-corrected chi connectivity index (χ2v) is 6.19. The number of rotatable bonds is 2. The van der Waals surface area contributed by atoms with Crippen LogP contribution in [0.15, 0.2) is 18.3 Å². The molecule has 1 atom stereocenters. The van der Waals surface area contributed by atoms with Gasteiger partial charge in [0.25, 0.3) is 0 Å². The van der Waals surface area contributed by atoms with Crippen LogP contribution < -0.4 is 0 Å². The minimum atomic E-state index is -0.972. The number of aromatic carboxylic acids is 1. The third-order valence-electron chi connectivity index (χ3n) is 3.29. The molecule has 1 aliphatic heterocycles. The maximum atomic E-state index is 12.0. The van der Waals surface area contributed by atoms with Gasteiger partial charge in [-0.25, -0.2) is 9.59 Å². The Morgan fingerprint density at radius 3 is 2.76 bits per heavy atom. The second kappa shape index (κ2) is 5.71. The Balaban J connectivity index is 2.04. The zero-order valence-electron chi connectivity index (χ0n) is 12.5. The van der Waals surface area contributed by atoms with Gasteiger partial charge >= 0.3 is 12.1 Å². The first-order chi connectivity index (χ1) is 9.76. The molecule has 0 saturated carbocycles. The molecule has 0 spiro atoms. The van der Waals surface area contributed by atoms with Crippen LogP contribution in [-0.2, 0) is 4.74 Å². The molecule has 114 valence electrons. The van der Waals surface area contributed by atoms with Crippen LogP contribution in [0.2, 0.25) is 0 Å². The average molecular weight is 292 g/mol. The predicted molar refractivity (Wildman–Crippen MR) is 76.4 cm³/mol. The molecule has 1 unspecified atom stereocenters. The number of carboxylic acids is 1. The maximum Gasteiger partial charge on any atom is 0.410 e. The number of ether oxygens (including phenoxy) is 1. The van der Waals surface area contributed by atoms with Crippen LogP contribution in [0.1, 0.15) is 49.2 Å². The number of pyridine rings is 1. The van der Waals surface area contributed by atoms with Crippen molar-refractivity contribution in [1.82, 2.24) is 9.88 Å². The number of nitrogens with zero attached hydrogens (tertiary/aromatic N) is 2. The monoisotopic (exact) mass is 292 g/mol. The Hall–Kier alpha value is -2.11. The van der Waals surface area contributed by atoms with Gasteiger partial charge in [-0.3, -0.25) is 4.98 Å². The van der Waals surface area contributed by atoms with Crippen LogP contribution in [0.4, 0.5) is 4.79 Å². The van der Waals surface area contributed by atoms with Crippen LogP contribution in [-0.4, -0.2) is 45.7 Å². The molecular weight excluding hydrogens is 272 g/mol. The smallest absolute Gasteiger partial charge is 0.410 e. The Bertz CT molecular complexity index is 551. The van der Waals surface area contributed by atoms with Gasteiger partial charge in [-0.05, 0) is 39.3 Å². The van der Waals surface area contributed by atoms with Crippen LogP contribution in [0.25, 0.3) is 0 Å². The number of carbonyl (C=O) groups is 2. The summed E-state index contributed by atoms with van der Waals surface area (Å²) in [7, 11) is 0. The van der Waals surface area contributed by atoms with Gasteiger partial charge in [-0.15, -0.1) is 0 Å². The highest BCUT2D eigenvalue weighted by Crippen LogP contribution is 2.27. The molecule has 1 aromatic rings. The van der Waals surface area contributed by atoms with Gasteiger partial charge in [-0.1, -0.05) is 0 Å². The van der Waals surface area contributed by atoms with Crippen molar-refractivity contribution < 1.29 is 19.4 Å². The van der Waals surface area contributed by atoms with Crippen molar-refractivity contribution >= 4 is 12.1 Å². The van der Waals surface area contributed by atoms with E-state index >= 15 is 0 Å². The molecule has 2 heterocycles. The summed E-state index contributed by atoms with van der Waals surface area (Å²) in [5.41, 5.74) is 0.410. The van der Waals surface area contributed by atoms with E-state index in [1.807, 2.05) is 20.8 Å². The maximum absolute atomic E-state index is 12.0. The number of likely N-dealkylation sites (tertiary alicyclic amines) is 1. The van der Waals surface area contributed by atoms with E-state index in [0.717, 1.165) is 6.42 Å². The fraction of sp³-hybridized carbons (Fsp3) is 0.533. The highest BCUT2D eigenvalue weighted by Gasteiger charge is 2.31. The molecule has 0 aromatic carbocycles. The highest BCUT2D eigenvalue weighted by molar-refractivity contribution is 5.87. The van der Waals surface area contributed by atoms with Gasteiger partial charge in [-0.2, -0.15) is 0 Å². The van der Waals surface area contributed by atoms with Gasteiger partial charge in [0.1, 0.15) is 5.60 Å². The minimum Gasteiger partial charge on any atom is -0.478 e. The molecule has 6 nitrogen and oxygen atoms in total. The molecule has 1 saturated heterocycles. The lowest BCUT2D eigenvalue weighted by molar-refractivity contribution is 0.0292. The molecule has 0 radical (unpaired) electrons. The summed E-state index contributed by atoms with van der Waals surface area (Å²) >= 11 is 0. The summed E-state index contributed by atoms with van der Waals surface area (Å²) in [5, 5.41) is 9.01. The molecule has 1 aliphatic rings. The molecule has 1 N–H and O–H groups in total. The third kappa shape index (κ3) is 3.93. The molecule has 6 heteroatoms. The Morgan fingerprint density at radius 2 is 2.14 bits per heavy atom. The first-order valence-electron chi connectivity index (χ1n) is 6.93. The normalized spacial score (nSPS) is 18.6. The van der Waals surface area contributed by atoms with Crippen molar-refractivity contribution in [2.24, 2.45) is 0 Å². The standard InChI is InChI=1S/C15H20N2O4/c1-15(2,3)21-14(20)17-7-5-11(9-17)12-8-10(13(18)19)4-6-16-12/h4,6,8,11H,5,7,9H2,1-3H3,(H,18,19). The lowest BCUT2D eigenvalue weighted by Crippen LogP contribution is -2.35. The summed E-state index contributed by atoms with van der Waals surface area (Å²) in [4.78, 5) is 28.9. The first-order valence-corrected chi connectivity index (χ1v) is 6.93. The van der Waals surface area contributed by atoms with Gasteiger partial charge in [0.2, 0.25) is 0 Å². The van der Waals surface area contributed by atoms with E-state index in [1.165, 1.54) is 12.3 Å². The number of aromatic nitrogens is 1. The van der Waals surface area contributed by atoms with E-state index < -0.39 is 11.6 Å². The van der Waals surface area contributed by atoms with Crippen molar-refractivity contribution in [3.8, 4) is 0 Å². The number of hydrogen-bond donors (Lipinski definition) is 1. The van der Waals surface area contributed by atoms with E-state index in [1.54, 1.807) is 11.0 Å². The molecule has 1 fully saturated rings. The topological polar surface area (TPSA) is 79.7 Å². The summed E-state index contributed by atoms with van der Waals surface area (Å²) < 4.78 is 5.34. The SMILES string of the molecule is CC(C)(C)OC(=O)N1CCC(c2cc(C(=O)O)ccn2)C1. The van der Waals surface area contributed by atoms with Gasteiger partial charge in [0, 0.05) is 30.9 Å². The Labute approximate surface area is 123 Å². The second-order valence-electron chi connectivity index (χ2n) is 6.19. The van der Waals surface area contributed by atoms with Crippen molar-refractivity contribution in [3.63, 3.8) is 0 Å². The number of carbonyl (C=O) groups excluding carboxylic acids is 1. The van der Waals surface area contributed by atoms with E-state index in [9.17, 15) is 9.59 Å². The van der Waals surface area contributed by atoms with E-state index in [-0.39, 0.29) is 17.6 Å². The summed E-state index contributed by atoms with van der Waals surface area (Å²) in [6.07, 6.45) is 1.92. The third-order valence-corrected chi connectivity index (χ3v) is 3.29. The lowest BCUT2D eigenvalue weighted by atomic mass is 10.0. The highest BCUT2D eigenvalue weighted by atomic mass is 16.6. The lowest BCUT2D eigenvalue weighted by Gasteiger charge is -2.24.